The van der Waals surface area contributed by atoms with Crippen LogP contribution in [0.1, 0.15) is 85.0 Å². The number of piperidine rings is 1. The number of hydrogen-bond acceptors (Lipinski definition) is 4. The summed E-state index contributed by atoms with van der Waals surface area (Å²) in [6, 6.07) is 0. The highest BCUT2D eigenvalue weighted by Crippen LogP contribution is 2.18. The molecule has 1 heterocycles. The predicted octanol–water partition coefficient (Wildman–Crippen LogP) is 4.25. The third-order valence-electron chi connectivity index (χ3n) is 4.71. The summed E-state index contributed by atoms with van der Waals surface area (Å²) in [4.78, 5) is 24.9. The van der Waals surface area contributed by atoms with E-state index in [0.717, 1.165) is 45.3 Å². The predicted molar refractivity (Wildman–Crippen MR) is 99.6 cm³/mol. The monoisotopic (exact) mass is 355 g/mol. The highest BCUT2D eigenvalue weighted by Gasteiger charge is 2.23. The first-order valence-electron chi connectivity index (χ1n) is 9.95. The fourth-order valence-electron chi connectivity index (χ4n) is 3.28. The summed E-state index contributed by atoms with van der Waals surface area (Å²) in [5.74, 6) is -0.845. The molecule has 1 N–H and O–H groups in total. The van der Waals surface area contributed by atoms with Crippen LogP contribution >= 0.6 is 0 Å². The minimum Gasteiger partial charge on any atom is -0.481 e. The van der Waals surface area contributed by atoms with E-state index in [1.807, 2.05) is 20.8 Å². The first-order chi connectivity index (χ1) is 11.8. The van der Waals surface area contributed by atoms with E-state index in [1.165, 1.54) is 32.1 Å². The Hall–Kier alpha value is -1.10. The van der Waals surface area contributed by atoms with E-state index in [1.54, 1.807) is 0 Å². The van der Waals surface area contributed by atoms with Gasteiger partial charge in [0.15, 0.2) is 0 Å². The largest absolute Gasteiger partial charge is 0.481 e. The summed E-state index contributed by atoms with van der Waals surface area (Å²) in [7, 11) is 0. The van der Waals surface area contributed by atoms with Crippen molar-refractivity contribution in [3.8, 4) is 0 Å². The van der Waals surface area contributed by atoms with Gasteiger partial charge in [-0.1, -0.05) is 32.1 Å². The second-order valence-corrected chi connectivity index (χ2v) is 8.27. The smallest absolute Gasteiger partial charge is 0.306 e. The molecule has 1 aliphatic heterocycles. The molecule has 0 aromatic heterocycles. The van der Waals surface area contributed by atoms with E-state index < -0.39 is 5.97 Å². The highest BCUT2D eigenvalue weighted by molar-refractivity contribution is 5.70. The third kappa shape index (κ3) is 11.2. The van der Waals surface area contributed by atoms with Crippen LogP contribution in [0.25, 0.3) is 0 Å². The second kappa shape index (κ2) is 11.5. The molecule has 1 fully saturated rings. The molecule has 0 saturated carbocycles. The fraction of sp³-hybridized carbons (Fsp3) is 0.900. The van der Waals surface area contributed by atoms with Crippen LogP contribution in [0.15, 0.2) is 0 Å². The number of carboxylic acid groups (broad SMARTS) is 1. The highest BCUT2D eigenvalue weighted by atomic mass is 16.6. The number of unbranched alkanes of at least 4 members (excludes halogenated alkanes) is 6. The number of rotatable bonds is 11. The maximum atomic E-state index is 11.6. The molecular weight excluding hydrogens is 318 g/mol. The lowest BCUT2D eigenvalue weighted by atomic mass is 9.97. The average Bonchev–Trinajstić information content (AvgIpc) is 2.52. The van der Waals surface area contributed by atoms with E-state index >= 15 is 0 Å². The summed E-state index contributed by atoms with van der Waals surface area (Å²) in [6.45, 7) is 8.67. The number of esters is 1. The average molecular weight is 356 g/mol. The summed E-state index contributed by atoms with van der Waals surface area (Å²) in [6.07, 6.45) is 10.3. The van der Waals surface area contributed by atoms with Gasteiger partial charge in [0.25, 0.3) is 0 Å². The van der Waals surface area contributed by atoms with E-state index in [9.17, 15) is 9.59 Å². The fourth-order valence-corrected chi connectivity index (χ4v) is 3.28. The van der Waals surface area contributed by atoms with Crippen molar-refractivity contribution in [2.75, 3.05) is 19.6 Å². The molecule has 25 heavy (non-hydrogen) atoms. The van der Waals surface area contributed by atoms with Gasteiger partial charge < -0.3 is 14.7 Å². The standard InChI is InChI=1S/C20H37NO4/c1-20(2,3)25-18(22)11-9-7-5-4-6-8-10-14-21-15-12-17(13-16-21)19(23)24/h17H,4-16H2,1-3H3,(H,23,24). The molecular formula is C20H37NO4. The van der Waals surface area contributed by atoms with Crippen molar-refractivity contribution in [2.45, 2.75) is 90.6 Å². The van der Waals surface area contributed by atoms with E-state index in [4.69, 9.17) is 9.84 Å². The van der Waals surface area contributed by atoms with Crippen LogP contribution in [0.2, 0.25) is 0 Å². The Morgan fingerprint density at radius 3 is 2.00 bits per heavy atom. The zero-order valence-electron chi connectivity index (χ0n) is 16.4. The molecule has 5 heteroatoms. The molecule has 0 amide bonds. The molecule has 5 nitrogen and oxygen atoms in total. The molecule has 0 aromatic carbocycles. The molecule has 0 atom stereocenters. The Bertz CT molecular complexity index is 395. The number of ether oxygens (including phenoxy) is 1. The van der Waals surface area contributed by atoms with Gasteiger partial charge in [0.05, 0.1) is 5.92 Å². The third-order valence-corrected chi connectivity index (χ3v) is 4.71. The molecule has 1 aliphatic rings. The van der Waals surface area contributed by atoms with Gasteiger partial charge in [-0.2, -0.15) is 0 Å². The van der Waals surface area contributed by atoms with Gasteiger partial charge in [-0.05, 0) is 66.1 Å². The first kappa shape index (κ1) is 21.9. The van der Waals surface area contributed by atoms with Crippen molar-refractivity contribution in [2.24, 2.45) is 5.92 Å². The normalized spacial score (nSPS) is 16.8. The van der Waals surface area contributed by atoms with Crippen molar-refractivity contribution in [1.29, 1.82) is 0 Å². The number of nitrogens with zero attached hydrogens (tertiary/aromatic N) is 1. The summed E-state index contributed by atoms with van der Waals surface area (Å²) >= 11 is 0. The van der Waals surface area contributed by atoms with Crippen LogP contribution in [0.5, 0.6) is 0 Å². The van der Waals surface area contributed by atoms with Crippen LogP contribution < -0.4 is 0 Å². The maximum absolute atomic E-state index is 11.6. The van der Waals surface area contributed by atoms with Crippen LogP contribution in [-0.4, -0.2) is 47.2 Å². The lowest BCUT2D eigenvalue weighted by molar-refractivity contribution is -0.155. The number of carboxylic acids is 1. The first-order valence-corrected chi connectivity index (χ1v) is 9.95. The molecule has 0 spiro atoms. The van der Waals surface area contributed by atoms with Gasteiger partial charge in [-0.3, -0.25) is 9.59 Å². The summed E-state index contributed by atoms with van der Waals surface area (Å²) in [5.41, 5.74) is -0.375. The van der Waals surface area contributed by atoms with E-state index in [-0.39, 0.29) is 17.5 Å². The van der Waals surface area contributed by atoms with Gasteiger partial charge in [-0.25, -0.2) is 0 Å². The molecule has 0 unspecified atom stereocenters. The summed E-state index contributed by atoms with van der Waals surface area (Å²) < 4.78 is 5.30. The van der Waals surface area contributed by atoms with Crippen LogP contribution in [-0.2, 0) is 14.3 Å². The van der Waals surface area contributed by atoms with Crippen molar-refractivity contribution in [1.82, 2.24) is 4.90 Å². The number of hydrogen-bond donors (Lipinski definition) is 1. The second-order valence-electron chi connectivity index (χ2n) is 8.27. The Morgan fingerprint density at radius 2 is 1.48 bits per heavy atom. The van der Waals surface area contributed by atoms with Crippen molar-refractivity contribution < 1.29 is 19.4 Å². The van der Waals surface area contributed by atoms with Gasteiger partial charge in [-0.15, -0.1) is 0 Å². The van der Waals surface area contributed by atoms with E-state index in [0.29, 0.717) is 6.42 Å². The van der Waals surface area contributed by atoms with Crippen molar-refractivity contribution in [3.63, 3.8) is 0 Å². The van der Waals surface area contributed by atoms with Crippen LogP contribution in [0.3, 0.4) is 0 Å². The molecule has 146 valence electrons. The molecule has 1 rings (SSSR count). The minimum atomic E-state index is -0.633. The van der Waals surface area contributed by atoms with Gasteiger partial charge >= 0.3 is 11.9 Å². The molecule has 0 bridgehead atoms. The number of carbonyl (C=O) groups is 2. The quantitative estimate of drug-likeness (QED) is 0.443. The summed E-state index contributed by atoms with van der Waals surface area (Å²) in [5, 5.41) is 9.00. The van der Waals surface area contributed by atoms with Gasteiger partial charge in [0.1, 0.15) is 5.60 Å². The Balaban J connectivity index is 1.88. The number of likely N-dealkylation sites (tertiary alicyclic amines) is 1. The van der Waals surface area contributed by atoms with Crippen LogP contribution in [0.4, 0.5) is 0 Å². The zero-order valence-corrected chi connectivity index (χ0v) is 16.4. The van der Waals surface area contributed by atoms with Crippen molar-refractivity contribution >= 4 is 11.9 Å². The van der Waals surface area contributed by atoms with Gasteiger partial charge in [0, 0.05) is 6.42 Å². The lowest BCUT2D eigenvalue weighted by Crippen LogP contribution is -2.36. The SMILES string of the molecule is CC(C)(C)OC(=O)CCCCCCCCCN1CCC(C(=O)O)CC1. The molecule has 0 aliphatic carbocycles. The lowest BCUT2D eigenvalue weighted by Gasteiger charge is -2.29. The topological polar surface area (TPSA) is 66.8 Å². The van der Waals surface area contributed by atoms with Crippen LogP contribution in [0, 0.1) is 5.92 Å². The Morgan fingerprint density at radius 1 is 0.960 bits per heavy atom. The number of aliphatic carboxylic acids is 1. The maximum Gasteiger partial charge on any atom is 0.306 e. The molecule has 1 saturated heterocycles. The zero-order chi connectivity index (χ0) is 18.7. The number of carbonyl (C=O) groups excluding carboxylic acids is 1. The molecule has 0 radical (unpaired) electrons. The molecule has 0 aromatic rings. The Kier molecular flexibility index (Phi) is 10.1. The van der Waals surface area contributed by atoms with E-state index in [2.05, 4.69) is 4.90 Å². The van der Waals surface area contributed by atoms with Gasteiger partial charge in [0.2, 0.25) is 0 Å². The Labute approximate surface area is 153 Å². The van der Waals surface area contributed by atoms with Crippen molar-refractivity contribution in [3.05, 3.63) is 0 Å². The minimum absolute atomic E-state index is 0.0841.